The van der Waals surface area contributed by atoms with Gasteiger partial charge in [0, 0.05) is 20.6 Å². The second-order valence-electron chi connectivity index (χ2n) is 10.2. The molecule has 1 N–H and O–H groups in total. The van der Waals surface area contributed by atoms with E-state index < -0.39 is 39.7 Å². The van der Waals surface area contributed by atoms with Crippen LogP contribution in [0.15, 0.2) is 35.7 Å². The highest BCUT2D eigenvalue weighted by molar-refractivity contribution is 6.92. The van der Waals surface area contributed by atoms with E-state index in [9.17, 15) is 10.1 Å². The van der Waals surface area contributed by atoms with Crippen LogP contribution < -0.4 is 5.32 Å². The van der Waals surface area contributed by atoms with Crippen molar-refractivity contribution in [2.45, 2.75) is 58.9 Å². The van der Waals surface area contributed by atoms with Crippen molar-refractivity contribution < 1.29 is 17.1 Å². The monoisotopic (exact) mass is 499 g/mol. The van der Waals surface area contributed by atoms with E-state index in [4.69, 9.17) is 12.3 Å². The Kier molecular flexibility index (Phi) is 11.1. The summed E-state index contributed by atoms with van der Waals surface area (Å²) in [5.74, 6) is -0.453. The Bertz CT molecular complexity index is 747. The number of nitrogens with one attached hydrogen (secondary N) is 1. The lowest BCUT2D eigenvalue weighted by Crippen LogP contribution is -2.59. The summed E-state index contributed by atoms with van der Waals surface area (Å²) in [6, 6.07) is 1.94. The molecule has 0 fully saturated rings. The molecule has 1 unspecified atom stereocenters. The van der Waals surface area contributed by atoms with Gasteiger partial charge in [-0.1, -0.05) is 6.58 Å². The molecule has 0 aliphatic rings. The molecule has 7 nitrogen and oxygen atoms in total. The number of hydrogen-bond acceptors (Lipinski definition) is 6. The van der Waals surface area contributed by atoms with Gasteiger partial charge in [0.25, 0.3) is 5.91 Å². The van der Waals surface area contributed by atoms with Gasteiger partial charge >= 0.3 is 17.1 Å². The van der Waals surface area contributed by atoms with Gasteiger partial charge in [0.2, 0.25) is 0 Å². The highest BCUT2D eigenvalue weighted by Gasteiger charge is 2.46. The van der Waals surface area contributed by atoms with Crippen molar-refractivity contribution in [2.75, 3.05) is 20.6 Å². The first kappa shape index (κ1) is 29.7. The van der Waals surface area contributed by atoms with Crippen molar-refractivity contribution in [3.8, 4) is 6.07 Å². The van der Waals surface area contributed by atoms with Crippen molar-refractivity contribution in [3.05, 3.63) is 35.7 Å². The first-order valence-corrected chi connectivity index (χ1v) is 22.3. The lowest BCUT2D eigenvalue weighted by molar-refractivity contribution is -0.116. The maximum absolute atomic E-state index is 12.5. The zero-order valence-electron chi connectivity index (χ0n) is 21.2. The fourth-order valence-electron chi connectivity index (χ4n) is 2.89. The van der Waals surface area contributed by atoms with Crippen LogP contribution in [0.3, 0.4) is 0 Å². The van der Waals surface area contributed by atoms with Crippen molar-refractivity contribution in [2.24, 2.45) is 0 Å². The first-order valence-electron chi connectivity index (χ1n) is 10.3. The molecule has 1 amide bonds. The van der Waals surface area contributed by atoms with E-state index in [0.717, 1.165) is 0 Å². The molecule has 0 radical (unpaired) electrons. The van der Waals surface area contributed by atoms with Gasteiger partial charge in [-0.3, -0.25) is 4.79 Å². The van der Waals surface area contributed by atoms with E-state index in [1.165, 1.54) is 6.08 Å². The number of nitriles is 1. The molecule has 0 bridgehead atoms. The minimum absolute atomic E-state index is 0.0260. The average Bonchev–Trinajstić information content (AvgIpc) is 2.51. The van der Waals surface area contributed by atoms with Crippen LogP contribution in [0.1, 0.15) is 0 Å². The summed E-state index contributed by atoms with van der Waals surface area (Å²) in [5.41, 5.74) is 0.0260. The van der Waals surface area contributed by atoms with Crippen molar-refractivity contribution in [1.29, 1.82) is 5.26 Å². The summed E-state index contributed by atoms with van der Waals surface area (Å²) in [4.78, 5) is 14.3. The first-order chi connectivity index (χ1) is 13.8. The molecule has 0 rings (SSSR count). The predicted octanol–water partition coefficient (Wildman–Crippen LogP) is 4.22. The number of carbonyl (C=O) groups is 1. The van der Waals surface area contributed by atoms with Crippen LogP contribution in [0, 0.1) is 11.3 Å². The summed E-state index contributed by atoms with van der Waals surface area (Å²) < 4.78 is 19.5. The standard InChI is InChI=1S/C20H41N3O4Si4/c1-18(17-22-20(24)19(16-21)14-13-15-23(2)3)31(12,26-29(7,8)9)27-30(10,11)25-28(4,5)6/h13-15H,1,17H2,2-12H3,(H,22,24)/b15-13+,19-14+. The molecule has 176 valence electrons. The second-order valence-corrected chi connectivity index (χ2v) is 26.5. The molecular formula is C20H41N3O4Si4. The number of nitrogens with zero attached hydrogens (tertiary/aromatic N) is 2. The zero-order chi connectivity index (χ0) is 24.7. The number of hydrogen-bond donors (Lipinski definition) is 1. The SMILES string of the molecule is C=C(CNC(=O)/C(C#N)=C/C=C/N(C)C)[Si](C)(O[Si](C)(C)C)O[Si](C)(C)O[Si](C)(C)C. The Morgan fingerprint density at radius 1 is 1.00 bits per heavy atom. The van der Waals surface area contributed by atoms with Crippen molar-refractivity contribution >= 4 is 39.7 Å². The summed E-state index contributed by atoms with van der Waals surface area (Å²) in [5, 5.41) is 12.8. The van der Waals surface area contributed by atoms with Gasteiger partial charge < -0.3 is 22.6 Å². The van der Waals surface area contributed by atoms with Gasteiger partial charge in [0.15, 0.2) is 16.6 Å². The molecular weight excluding hydrogens is 459 g/mol. The molecule has 0 aromatic heterocycles. The topological polar surface area (TPSA) is 83.8 Å². The Labute approximate surface area is 193 Å². The summed E-state index contributed by atoms with van der Waals surface area (Å²) in [7, 11) is -5.41. The lowest BCUT2D eigenvalue weighted by Gasteiger charge is -2.42. The van der Waals surface area contributed by atoms with Gasteiger partial charge in [0.1, 0.15) is 11.6 Å². The molecule has 0 saturated carbocycles. The summed E-state index contributed by atoms with van der Waals surface area (Å²) in [6.07, 6.45) is 4.90. The maximum atomic E-state index is 12.5. The Morgan fingerprint density at radius 2 is 1.52 bits per heavy atom. The summed E-state index contributed by atoms with van der Waals surface area (Å²) >= 11 is 0. The van der Waals surface area contributed by atoms with Crippen LogP contribution in [0.4, 0.5) is 0 Å². The van der Waals surface area contributed by atoms with E-state index in [2.05, 4.69) is 51.2 Å². The number of carbonyl (C=O) groups excluding carboxylic acids is 1. The number of allylic oxidation sites excluding steroid dienone is 2. The van der Waals surface area contributed by atoms with Crippen LogP contribution in [0.2, 0.25) is 58.9 Å². The number of rotatable bonds is 12. The molecule has 0 heterocycles. The quantitative estimate of drug-likeness (QED) is 0.187. The molecule has 0 aliphatic carbocycles. The van der Waals surface area contributed by atoms with Crippen LogP contribution >= 0.6 is 0 Å². The molecule has 0 saturated heterocycles. The van der Waals surface area contributed by atoms with Gasteiger partial charge in [-0.25, -0.2) is 0 Å². The maximum Gasteiger partial charge on any atom is 0.347 e. The average molecular weight is 500 g/mol. The van der Waals surface area contributed by atoms with Crippen LogP contribution in [0.5, 0.6) is 0 Å². The van der Waals surface area contributed by atoms with Gasteiger partial charge in [-0.2, -0.15) is 5.26 Å². The highest BCUT2D eigenvalue weighted by Crippen LogP contribution is 2.28. The molecule has 31 heavy (non-hydrogen) atoms. The van der Waals surface area contributed by atoms with Crippen LogP contribution in [-0.4, -0.2) is 65.2 Å². The normalized spacial score (nSPS) is 15.4. The van der Waals surface area contributed by atoms with E-state index in [0.29, 0.717) is 5.20 Å². The Morgan fingerprint density at radius 3 is 1.94 bits per heavy atom. The predicted molar refractivity (Wildman–Crippen MR) is 138 cm³/mol. The van der Waals surface area contributed by atoms with E-state index in [1.54, 1.807) is 12.3 Å². The summed E-state index contributed by atoms with van der Waals surface area (Å²) in [6.45, 7) is 23.2. The zero-order valence-corrected chi connectivity index (χ0v) is 25.2. The third-order valence-corrected chi connectivity index (χ3v) is 17.0. The lowest BCUT2D eigenvalue weighted by atomic mass is 10.2. The minimum Gasteiger partial charge on any atom is -0.437 e. The van der Waals surface area contributed by atoms with Crippen LogP contribution in [0.25, 0.3) is 0 Å². The molecule has 0 spiro atoms. The van der Waals surface area contributed by atoms with E-state index >= 15 is 0 Å². The third kappa shape index (κ3) is 13.0. The van der Waals surface area contributed by atoms with Gasteiger partial charge in [-0.15, -0.1) is 0 Å². The fraction of sp³-hybridized carbons (Fsp3) is 0.600. The smallest absolute Gasteiger partial charge is 0.347 e. The molecule has 11 heteroatoms. The third-order valence-electron chi connectivity index (χ3n) is 3.61. The van der Waals surface area contributed by atoms with Crippen LogP contribution in [-0.2, 0) is 17.1 Å². The molecule has 1 atom stereocenters. The minimum atomic E-state index is -2.89. The van der Waals surface area contributed by atoms with Crippen molar-refractivity contribution in [1.82, 2.24) is 10.2 Å². The largest absolute Gasteiger partial charge is 0.437 e. The van der Waals surface area contributed by atoms with E-state index in [1.807, 2.05) is 44.7 Å². The molecule has 0 aliphatic heterocycles. The fourth-order valence-corrected chi connectivity index (χ4v) is 19.9. The van der Waals surface area contributed by atoms with Gasteiger partial charge in [-0.05, 0) is 82.5 Å². The highest BCUT2D eigenvalue weighted by atomic mass is 28.5. The second kappa shape index (κ2) is 11.6. The Balaban J connectivity index is 5.52. The van der Waals surface area contributed by atoms with E-state index in [-0.39, 0.29) is 12.1 Å². The molecule has 0 aromatic rings. The molecule has 0 aromatic carbocycles. The van der Waals surface area contributed by atoms with Gasteiger partial charge in [0.05, 0.1) is 0 Å². The van der Waals surface area contributed by atoms with Crippen molar-refractivity contribution in [3.63, 3.8) is 0 Å². The number of amides is 1. The Hall–Kier alpha value is -1.27.